The SMILES string of the molecule is NNC(CCc1ccc2c(c1)CCO2)CC(F)(F)F. The summed E-state index contributed by atoms with van der Waals surface area (Å²) in [6.45, 7) is 0.680. The third-order valence-electron chi connectivity index (χ3n) is 3.25. The molecular formula is C13H17F3N2O. The monoisotopic (exact) mass is 274 g/mol. The quantitative estimate of drug-likeness (QED) is 0.640. The van der Waals surface area contributed by atoms with E-state index in [0.29, 0.717) is 19.4 Å². The molecule has 1 heterocycles. The van der Waals surface area contributed by atoms with Crippen molar-refractivity contribution in [2.24, 2.45) is 5.84 Å². The topological polar surface area (TPSA) is 47.3 Å². The van der Waals surface area contributed by atoms with Crippen LogP contribution in [0.15, 0.2) is 18.2 Å². The molecule has 1 unspecified atom stereocenters. The van der Waals surface area contributed by atoms with Crippen molar-refractivity contribution in [3.8, 4) is 5.75 Å². The average molecular weight is 274 g/mol. The van der Waals surface area contributed by atoms with Gasteiger partial charge in [-0.1, -0.05) is 12.1 Å². The van der Waals surface area contributed by atoms with E-state index in [4.69, 9.17) is 10.6 Å². The first-order chi connectivity index (χ1) is 8.98. The molecule has 0 amide bonds. The molecule has 106 valence electrons. The Bertz CT molecular complexity index is 434. The molecule has 2 rings (SSSR count). The standard InChI is InChI=1S/C13H17F3N2O/c14-13(15,16)8-11(18-17)3-1-9-2-4-12-10(7-9)5-6-19-12/h2,4,7,11,18H,1,3,5-6,8,17H2. The molecule has 0 fully saturated rings. The summed E-state index contributed by atoms with van der Waals surface area (Å²) < 4.78 is 42.2. The highest BCUT2D eigenvalue weighted by Gasteiger charge is 2.31. The van der Waals surface area contributed by atoms with Crippen molar-refractivity contribution < 1.29 is 17.9 Å². The highest BCUT2D eigenvalue weighted by Crippen LogP contribution is 2.27. The van der Waals surface area contributed by atoms with E-state index < -0.39 is 18.6 Å². The molecule has 1 aromatic rings. The lowest BCUT2D eigenvalue weighted by Gasteiger charge is -2.17. The van der Waals surface area contributed by atoms with Crippen LogP contribution < -0.4 is 16.0 Å². The van der Waals surface area contributed by atoms with Gasteiger partial charge in [-0.25, -0.2) is 0 Å². The summed E-state index contributed by atoms with van der Waals surface area (Å²) in [5.41, 5.74) is 4.39. The summed E-state index contributed by atoms with van der Waals surface area (Å²) in [7, 11) is 0. The predicted octanol–water partition coefficient (Wildman–Crippen LogP) is 2.34. The molecule has 1 aliphatic heterocycles. The number of benzene rings is 1. The lowest BCUT2D eigenvalue weighted by atomic mass is 10.0. The number of fused-ring (bicyclic) bond motifs is 1. The highest BCUT2D eigenvalue weighted by molar-refractivity contribution is 5.39. The van der Waals surface area contributed by atoms with E-state index in [1.54, 1.807) is 0 Å². The first kappa shape index (κ1) is 14.1. The number of hydrogen-bond donors (Lipinski definition) is 2. The summed E-state index contributed by atoms with van der Waals surface area (Å²) >= 11 is 0. The van der Waals surface area contributed by atoms with Crippen LogP contribution in [0.5, 0.6) is 5.75 Å². The molecule has 0 aromatic heterocycles. The number of aryl methyl sites for hydroxylation is 1. The minimum Gasteiger partial charge on any atom is -0.493 e. The summed E-state index contributed by atoms with van der Waals surface area (Å²) in [6.07, 6.45) is -3.31. The number of nitrogens with one attached hydrogen (secondary N) is 1. The number of nitrogens with two attached hydrogens (primary N) is 1. The fraction of sp³-hybridized carbons (Fsp3) is 0.538. The molecule has 0 saturated heterocycles. The van der Waals surface area contributed by atoms with Crippen LogP contribution in [0.1, 0.15) is 24.0 Å². The van der Waals surface area contributed by atoms with Gasteiger partial charge in [0.1, 0.15) is 5.75 Å². The van der Waals surface area contributed by atoms with Gasteiger partial charge in [0, 0.05) is 12.5 Å². The van der Waals surface area contributed by atoms with Crippen molar-refractivity contribution in [3.05, 3.63) is 29.3 Å². The molecular weight excluding hydrogens is 257 g/mol. The van der Waals surface area contributed by atoms with Gasteiger partial charge in [-0.05, 0) is 30.0 Å². The molecule has 6 heteroatoms. The van der Waals surface area contributed by atoms with Crippen molar-refractivity contribution >= 4 is 0 Å². The van der Waals surface area contributed by atoms with E-state index in [1.807, 2.05) is 18.2 Å². The van der Waals surface area contributed by atoms with Gasteiger partial charge in [0.15, 0.2) is 0 Å². The number of ether oxygens (including phenoxy) is 1. The summed E-state index contributed by atoms with van der Waals surface area (Å²) in [6, 6.07) is 5.03. The summed E-state index contributed by atoms with van der Waals surface area (Å²) in [4.78, 5) is 0. The third kappa shape index (κ3) is 4.11. The van der Waals surface area contributed by atoms with E-state index in [2.05, 4.69) is 5.43 Å². The van der Waals surface area contributed by atoms with Crippen molar-refractivity contribution in [3.63, 3.8) is 0 Å². The lowest BCUT2D eigenvalue weighted by molar-refractivity contribution is -0.140. The van der Waals surface area contributed by atoms with Gasteiger partial charge in [-0.15, -0.1) is 0 Å². The summed E-state index contributed by atoms with van der Waals surface area (Å²) in [5, 5.41) is 0. The van der Waals surface area contributed by atoms with Gasteiger partial charge in [0.05, 0.1) is 13.0 Å². The largest absolute Gasteiger partial charge is 0.493 e. The van der Waals surface area contributed by atoms with Crippen LogP contribution in [-0.4, -0.2) is 18.8 Å². The van der Waals surface area contributed by atoms with Crippen LogP contribution in [0.25, 0.3) is 0 Å². The second-order valence-corrected chi connectivity index (χ2v) is 4.76. The van der Waals surface area contributed by atoms with Crippen LogP contribution in [-0.2, 0) is 12.8 Å². The molecule has 0 spiro atoms. The van der Waals surface area contributed by atoms with Crippen molar-refractivity contribution in [2.75, 3.05) is 6.61 Å². The minimum atomic E-state index is -4.19. The van der Waals surface area contributed by atoms with Crippen LogP contribution in [0.4, 0.5) is 13.2 Å². The van der Waals surface area contributed by atoms with Crippen molar-refractivity contribution in [1.82, 2.24) is 5.43 Å². The minimum absolute atomic E-state index is 0.357. The zero-order chi connectivity index (χ0) is 13.9. The molecule has 3 nitrogen and oxygen atoms in total. The van der Waals surface area contributed by atoms with E-state index in [-0.39, 0.29) is 0 Å². The average Bonchev–Trinajstić information content (AvgIpc) is 2.80. The fourth-order valence-electron chi connectivity index (χ4n) is 2.26. The first-order valence-corrected chi connectivity index (χ1v) is 6.25. The Labute approximate surface area is 109 Å². The molecule has 0 saturated carbocycles. The second kappa shape index (κ2) is 5.79. The Morgan fingerprint density at radius 2 is 2.16 bits per heavy atom. The number of hydrazine groups is 1. The predicted molar refractivity (Wildman–Crippen MR) is 65.7 cm³/mol. The molecule has 1 atom stereocenters. The van der Waals surface area contributed by atoms with E-state index in [0.717, 1.165) is 23.3 Å². The Morgan fingerprint density at radius 3 is 2.84 bits per heavy atom. The maximum atomic E-state index is 12.3. The zero-order valence-corrected chi connectivity index (χ0v) is 10.5. The third-order valence-corrected chi connectivity index (χ3v) is 3.25. The van der Waals surface area contributed by atoms with Gasteiger partial charge in [0.2, 0.25) is 0 Å². The number of alkyl halides is 3. The second-order valence-electron chi connectivity index (χ2n) is 4.76. The molecule has 0 aliphatic carbocycles. The molecule has 3 N–H and O–H groups in total. The number of hydrogen-bond acceptors (Lipinski definition) is 3. The zero-order valence-electron chi connectivity index (χ0n) is 10.5. The van der Waals surface area contributed by atoms with Crippen LogP contribution in [0.2, 0.25) is 0 Å². The molecule has 1 aliphatic rings. The van der Waals surface area contributed by atoms with E-state index in [9.17, 15) is 13.2 Å². The molecule has 19 heavy (non-hydrogen) atoms. The van der Waals surface area contributed by atoms with Crippen LogP contribution >= 0.6 is 0 Å². The smallest absolute Gasteiger partial charge is 0.390 e. The fourth-order valence-corrected chi connectivity index (χ4v) is 2.26. The van der Waals surface area contributed by atoms with Gasteiger partial charge < -0.3 is 4.74 Å². The number of halogens is 3. The van der Waals surface area contributed by atoms with Gasteiger partial charge in [0.25, 0.3) is 0 Å². The first-order valence-electron chi connectivity index (χ1n) is 6.25. The van der Waals surface area contributed by atoms with Gasteiger partial charge in [-0.3, -0.25) is 11.3 Å². The highest BCUT2D eigenvalue weighted by atomic mass is 19.4. The Balaban J connectivity index is 1.90. The van der Waals surface area contributed by atoms with E-state index in [1.165, 1.54) is 0 Å². The van der Waals surface area contributed by atoms with Crippen molar-refractivity contribution in [2.45, 2.75) is 37.9 Å². The lowest BCUT2D eigenvalue weighted by Crippen LogP contribution is -2.38. The van der Waals surface area contributed by atoms with Crippen LogP contribution in [0, 0.1) is 0 Å². The summed E-state index contributed by atoms with van der Waals surface area (Å²) in [5.74, 6) is 6.05. The van der Waals surface area contributed by atoms with Gasteiger partial charge in [-0.2, -0.15) is 13.2 Å². The van der Waals surface area contributed by atoms with Gasteiger partial charge >= 0.3 is 6.18 Å². The molecule has 0 bridgehead atoms. The van der Waals surface area contributed by atoms with Crippen LogP contribution in [0.3, 0.4) is 0 Å². The maximum absolute atomic E-state index is 12.3. The molecule has 1 aromatic carbocycles. The van der Waals surface area contributed by atoms with E-state index >= 15 is 0 Å². The Morgan fingerprint density at radius 1 is 1.37 bits per heavy atom. The molecule has 0 radical (unpaired) electrons. The number of rotatable bonds is 5. The Kier molecular flexibility index (Phi) is 4.31. The Hall–Kier alpha value is -1.27. The van der Waals surface area contributed by atoms with Crippen molar-refractivity contribution in [1.29, 1.82) is 0 Å². The normalized spacial score (nSPS) is 16.0. The maximum Gasteiger partial charge on any atom is 0.390 e.